The van der Waals surface area contributed by atoms with Gasteiger partial charge >= 0.3 is 0 Å². The summed E-state index contributed by atoms with van der Waals surface area (Å²) in [6.45, 7) is 4.63. The van der Waals surface area contributed by atoms with E-state index >= 15 is 0 Å². The van der Waals surface area contributed by atoms with Gasteiger partial charge < -0.3 is 15.3 Å². The molecule has 4 nitrogen and oxygen atoms in total. The lowest BCUT2D eigenvalue weighted by molar-refractivity contribution is 0.0326. The van der Waals surface area contributed by atoms with E-state index in [1.165, 1.54) is 18.4 Å². The predicted octanol–water partition coefficient (Wildman–Crippen LogP) is 2.07. The molecule has 1 atom stereocenters. The van der Waals surface area contributed by atoms with Gasteiger partial charge in [0.15, 0.2) is 0 Å². The van der Waals surface area contributed by atoms with Crippen LogP contribution in [0.3, 0.4) is 0 Å². The number of hydrogen-bond donors (Lipinski definition) is 2. The highest BCUT2D eigenvalue weighted by Crippen LogP contribution is 2.09. The summed E-state index contributed by atoms with van der Waals surface area (Å²) in [5.74, 6) is -0.143. The normalized spacial score (nSPS) is 14.0. The molecular formula is C17H28N2O2. The van der Waals surface area contributed by atoms with Crippen LogP contribution >= 0.6 is 0 Å². The number of aryl methyl sites for hydroxylation is 1. The average Bonchev–Trinajstić information content (AvgIpc) is 2.42. The molecule has 1 amide bonds. The van der Waals surface area contributed by atoms with Gasteiger partial charge in [0.1, 0.15) is 0 Å². The Bertz CT molecular complexity index is 439. The number of likely N-dealkylation sites (N-methyl/N-ethyl adjacent to an activating group) is 1. The molecule has 21 heavy (non-hydrogen) atoms. The maximum atomic E-state index is 12.1. The number of rotatable bonds is 8. The molecule has 1 aromatic carbocycles. The zero-order valence-corrected chi connectivity index (χ0v) is 13.6. The summed E-state index contributed by atoms with van der Waals surface area (Å²) < 4.78 is 0. The Morgan fingerprint density at radius 2 is 1.90 bits per heavy atom. The van der Waals surface area contributed by atoms with Gasteiger partial charge in [0.2, 0.25) is 0 Å². The van der Waals surface area contributed by atoms with Crippen molar-refractivity contribution in [2.75, 3.05) is 27.2 Å². The Morgan fingerprint density at radius 3 is 2.43 bits per heavy atom. The summed E-state index contributed by atoms with van der Waals surface area (Å²) in [5.41, 5.74) is 0.962. The van der Waals surface area contributed by atoms with Gasteiger partial charge in [-0.15, -0.1) is 0 Å². The molecule has 0 bridgehead atoms. The molecule has 0 saturated heterocycles. The minimum absolute atomic E-state index is 0.143. The molecule has 118 valence electrons. The second-order valence-corrected chi connectivity index (χ2v) is 6.22. The van der Waals surface area contributed by atoms with Gasteiger partial charge in [0.25, 0.3) is 5.91 Å². The highest BCUT2D eigenvalue weighted by molar-refractivity contribution is 5.94. The Balaban J connectivity index is 2.52. The summed E-state index contributed by atoms with van der Waals surface area (Å²) in [6.07, 6.45) is 3.39. The van der Waals surface area contributed by atoms with Gasteiger partial charge in [0, 0.05) is 18.7 Å². The fourth-order valence-electron chi connectivity index (χ4n) is 2.31. The third-order valence-electron chi connectivity index (χ3n) is 3.32. The summed E-state index contributed by atoms with van der Waals surface area (Å²) in [6, 6.07) is 7.70. The maximum Gasteiger partial charge on any atom is 0.251 e. The van der Waals surface area contributed by atoms with Gasteiger partial charge in [-0.05, 0) is 51.6 Å². The molecule has 0 aromatic heterocycles. The average molecular weight is 292 g/mol. The highest BCUT2D eigenvalue weighted by Gasteiger charge is 2.22. The van der Waals surface area contributed by atoms with Crippen LogP contribution in [0.25, 0.3) is 0 Å². The molecule has 4 heteroatoms. The zero-order valence-electron chi connectivity index (χ0n) is 13.6. The smallest absolute Gasteiger partial charge is 0.251 e. The third-order valence-corrected chi connectivity index (χ3v) is 3.32. The summed E-state index contributed by atoms with van der Waals surface area (Å²) in [4.78, 5) is 14.0. The van der Waals surface area contributed by atoms with E-state index < -0.39 is 5.60 Å². The first kappa shape index (κ1) is 17.7. The lowest BCUT2D eigenvalue weighted by Crippen LogP contribution is -2.47. The first-order valence-corrected chi connectivity index (χ1v) is 7.58. The van der Waals surface area contributed by atoms with Crippen LogP contribution < -0.4 is 5.32 Å². The number of aliphatic hydroxyl groups is 1. The van der Waals surface area contributed by atoms with Crippen LogP contribution in [-0.2, 0) is 6.42 Å². The molecule has 0 saturated carbocycles. The topological polar surface area (TPSA) is 52.6 Å². The second-order valence-electron chi connectivity index (χ2n) is 6.22. The van der Waals surface area contributed by atoms with Crippen molar-refractivity contribution in [2.24, 2.45) is 0 Å². The molecule has 0 aliphatic heterocycles. The molecule has 1 unspecified atom stereocenters. The lowest BCUT2D eigenvalue weighted by atomic mass is 10.0. The van der Waals surface area contributed by atoms with Crippen LogP contribution in [0.2, 0.25) is 0 Å². The van der Waals surface area contributed by atoms with Crippen LogP contribution in [0.1, 0.15) is 42.6 Å². The molecule has 0 aliphatic carbocycles. The number of benzene rings is 1. The fraction of sp³-hybridized carbons (Fsp3) is 0.588. The molecule has 2 N–H and O–H groups in total. The molecule has 0 fully saturated rings. The number of carbonyl (C=O) groups is 1. The lowest BCUT2D eigenvalue weighted by Gasteiger charge is -2.27. The molecule has 1 rings (SSSR count). The van der Waals surface area contributed by atoms with E-state index in [-0.39, 0.29) is 12.5 Å². The molecule has 0 aliphatic rings. The number of nitrogens with one attached hydrogen (secondary N) is 1. The SMILES string of the molecule is CCCCc1ccc(C(=O)NCC(C)(O)CN(C)C)cc1. The number of hydrogen-bond acceptors (Lipinski definition) is 3. The van der Waals surface area contributed by atoms with Crippen molar-refractivity contribution in [1.29, 1.82) is 0 Å². The first-order chi connectivity index (χ1) is 9.84. The Morgan fingerprint density at radius 1 is 1.29 bits per heavy atom. The zero-order chi connectivity index (χ0) is 15.9. The molecule has 1 aromatic rings. The standard InChI is InChI=1S/C17H28N2O2/c1-5-6-7-14-8-10-15(11-9-14)16(20)18-12-17(2,21)13-19(3)4/h8-11,21H,5-7,12-13H2,1-4H3,(H,18,20). The van der Waals surface area contributed by atoms with Crippen LogP contribution in [0.5, 0.6) is 0 Å². The Labute approximate surface area is 128 Å². The van der Waals surface area contributed by atoms with Crippen molar-refractivity contribution >= 4 is 5.91 Å². The van der Waals surface area contributed by atoms with E-state index in [0.717, 1.165) is 6.42 Å². The van der Waals surface area contributed by atoms with Crippen LogP contribution in [-0.4, -0.2) is 48.7 Å². The van der Waals surface area contributed by atoms with Crippen molar-refractivity contribution in [3.63, 3.8) is 0 Å². The first-order valence-electron chi connectivity index (χ1n) is 7.58. The maximum absolute atomic E-state index is 12.1. The van der Waals surface area contributed by atoms with E-state index in [0.29, 0.717) is 12.1 Å². The number of amides is 1. The van der Waals surface area contributed by atoms with Gasteiger partial charge in [-0.1, -0.05) is 25.5 Å². The third kappa shape index (κ3) is 6.74. The van der Waals surface area contributed by atoms with E-state index in [9.17, 15) is 9.90 Å². The Kier molecular flexibility index (Phi) is 6.85. The second kappa shape index (κ2) is 8.15. The predicted molar refractivity (Wildman–Crippen MR) is 86.6 cm³/mol. The fourth-order valence-corrected chi connectivity index (χ4v) is 2.31. The highest BCUT2D eigenvalue weighted by atomic mass is 16.3. The van der Waals surface area contributed by atoms with Gasteiger partial charge in [-0.3, -0.25) is 4.79 Å². The van der Waals surface area contributed by atoms with Crippen molar-refractivity contribution in [1.82, 2.24) is 10.2 Å². The quantitative estimate of drug-likeness (QED) is 0.771. The van der Waals surface area contributed by atoms with E-state index in [4.69, 9.17) is 0 Å². The molecule has 0 radical (unpaired) electrons. The molecule has 0 heterocycles. The number of nitrogens with zero attached hydrogens (tertiary/aromatic N) is 1. The van der Waals surface area contributed by atoms with E-state index in [2.05, 4.69) is 12.2 Å². The van der Waals surface area contributed by atoms with E-state index in [1.807, 2.05) is 43.3 Å². The minimum Gasteiger partial charge on any atom is -0.387 e. The largest absolute Gasteiger partial charge is 0.387 e. The summed E-state index contributed by atoms with van der Waals surface area (Å²) in [5, 5.41) is 13.0. The number of unbranched alkanes of at least 4 members (excludes halogenated alkanes) is 1. The van der Waals surface area contributed by atoms with Crippen molar-refractivity contribution in [3.8, 4) is 0 Å². The van der Waals surface area contributed by atoms with Crippen molar-refractivity contribution in [3.05, 3.63) is 35.4 Å². The number of carbonyl (C=O) groups excluding carboxylic acids is 1. The summed E-state index contributed by atoms with van der Waals surface area (Å²) >= 11 is 0. The summed E-state index contributed by atoms with van der Waals surface area (Å²) in [7, 11) is 3.79. The van der Waals surface area contributed by atoms with Gasteiger partial charge in [-0.25, -0.2) is 0 Å². The van der Waals surface area contributed by atoms with Crippen LogP contribution in [0, 0.1) is 0 Å². The van der Waals surface area contributed by atoms with Crippen LogP contribution in [0.4, 0.5) is 0 Å². The van der Waals surface area contributed by atoms with E-state index in [1.54, 1.807) is 6.92 Å². The van der Waals surface area contributed by atoms with Gasteiger partial charge in [0.05, 0.1) is 5.60 Å². The monoisotopic (exact) mass is 292 g/mol. The minimum atomic E-state index is -0.930. The molecule has 0 spiro atoms. The van der Waals surface area contributed by atoms with Crippen molar-refractivity contribution < 1.29 is 9.90 Å². The van der Waals surface area contributed by atoms with Crippen LogP contribution in [0.15, 0.2) is 24.3 Å². The van der Waals surface area contributed by atoms with Gasteiger partial charge in [-0.2, -0.15) is 0 Å². The Hall–Kier alpha value is -1.39. The van der Waals surface area contributed by atoms with Crippen molar-refractivity contribution in [2.45, 2.75) is 38.7 Å². The molecular weight excluding hydrogens is 264 g/mol.